The first-order chi connectivity index (χ1) is 15.5. The van der Waals surface area contributed by atoms with E-state index < -0.39 is 0 Å². The van der Waals surface area contributed by atoms with Crippen LogP contribution in [0.1, 0.15) is 22.8 Å². The van der Waals surface area contributed by atoms with Crippen LogP contribution in [0, 0.1) is 20.8 Å². The second-order valence-electron chi connectivity index (χ2n) is 8.15. The van der Waals surface area contributed by atoms with E-state index in [1.165, 1.54) is 5.56 Å². The summed E-state index contributed by atoms with van der Waals surface area (Å²) in [5, 5.41) is 6.11. The minimum Gasteiger partial charge on any atom is -0.496 e. The number of aromatic nitrogens is 4. The summed E-state index contributed by atoms with van der Waals surface area (Å²) in [4.78, 5) is 13.1. The van der Waals surface area contributed by atoms with E-state index in [1.807, 2.05) is 32.9 Å². The lowest BCUT2D eigenvalue weighted by Crippen LogP contribution is -1.95. The third-order valence-corrected chi connectivity index (χ3v) is 6.18. The molecular formula is C25H22N4O3. The van der Waals surface area contributed by atoms with Crippen LogP contribution in [0.5, 0.6) is 11.5 Å². The number of benzene rings is 2. The number of rotatable bonds is 3. The Balaban J connectivity index is 1.69. The monoisotopic (exact) mass is 426 g/mol. The van der Waals surface area contributed by atoms with Crippen LogP contribution in [-0.2, 0) is 6.42 Å². The van der Waals surface area contributed by atoms with Crippen molar-refractivity contribution in [3.63, 3.8) is 0 Å². The zero-order valence-electron chi connectivity index (χ0n) is 18.4. The largest absolute Gasteiger partial charge is 0.496 e. The molecule has 7 nitrogen and oxygen atoms in total. The van der Waals surface area contributed by atoms with Crippen LogP contribution in [0.3, 0.4) is 0 Å². The molecule has 0 unspecified atom stereocenters. The number of nitrogens with one attached hydrogen (secondary N) is 1. The maximum Gasteiger partial charge on any atom is 0.142 e. The Morgan fingerprint density at radius 1 is 1.06 bits per heavy atom. The predicted molar refractivity (Wildman–Crippen MR) is 122 cm³/mol. The van der Waals surface area contributed by atoms with Crippen LogP contribution < -0.4 is 9.47 Å². The van der Waals surface area contributed by atoms with Gasteiger partial charge in [-0.3, -0.25) is 0 Å². The first kappa shape index (κ1) is 18.9. The van der Waals surface area contributed by atoms with Gasteiger partial charge in [-0.25, -0.2) is 9.97 Å². The molecule has 0 radical (unpaired) electrons. The fourth-order valence-electron chi connectivity index (χ4n) is 4.81. The second-order valence-corrected chi connectivity index (χ2v) is 8.15. The minimum absolute atomic E-state index is 0.696. The van der Waals surface area contributed by atoms with Crippen molar-refractivity contribution in [2.45, 2.75) is 27.2 Å². The highest BCUT2D eigenvalue weighted by Gasteiger charge is 2.23. The normalized spacial score (nSPS) is 13.0. The number of fused-ring (bicyclic) bond motifs is 4. The quantitative estimate of drug-likeness (QED) is 0.421. The number of hydrogen-bond acceptors (Lipinski definition) is 6. The molecule has 1 aliphatic heterocycles. The molecule has 0 amide bonds. The zero-order chi connectivity index (χ0) is 22.0. The zero-order valence-corrected chi connectivity index (χ0v) is 18.4. The van der Waals surface area contributed by atoms with Gasteiger partial charge in [0.25, 0.3) is 0 Å². The Labute approximate surface area is 184 Å². The average molecular weight is 426 g/mol. The Kier molecular flexibility index (Phi) is 4.02. The van der Waals surface area contributed by atoms with E-state index in [-0.39, 0.29) is 0 Å². The van der Waals surface area contributed by atoms with E-state index in [0.29, 0.717) is 12.4 Å². The standard InChI is InChI=1S/C25H22N4O3/c1-12-22(13(2)32-29-12)18-10-19-17(11-21(18)30-4)23-24(26-14(3)27-25(23)28-19)16-6-5-7-20-15(16)8-9-31-20/h5-7,10-11H,8-9H2,1-4H3,(H,26,27,28). The predicted octanol–water partition coefficient (Wildman–Crippen LogP) is 5.30. The average Bonchev–Trinajstić information content (AvgIpc) is 3.48. The number of aryl methyl sites for hydroxylation is 3. The maximum absolute atomic E-state index is 5.80. The summed E-state index contributed by atoms with van der Waals surface area (Å²) in [5.41, 5.74) is 7.66. The topological polar surface area (TPSA) is 86.1 Å². The van der Waals surface area contributed by atoms with Gasteiger partial charge < -0.3 is 19.0 Å². The van der Waals surface area contributed by atoms with Crippen molar-refractivity contribution in [3.05, 3.63) is 53.2 Å². The van der Waals surface area contributed by atoms with Gasteiger partial charge in [0, 0.05) is 34.0 Å². The van der Waals surface area contributed by atoms with Gasteiger partial charge in [-0.2, -0.15) is 0 Å². The molecule has 2 aromatic carbocycles. The number of ether oxygens (including phenoxy) is 2. The number of H-pyrrole nitrogens is 1. The minimum atomic E-state index is 0.696. The molecule has 5 aromatic rings. The molecular weight excluding hydrogens is 404 g/mol. The van der Waals surface area contributed by atoms with Crippen LogP contribution >= 0.6 is 0 Å². The summed E-state index contributed by atoms with van der Waals surface area (Å²) in [6.07, 6.45) is 0.873. The second kappa shape index (κ2) is 6.82. The van der Waals surface area contributed by atoms with Crippen molar-refractivity contribution in [3.8, 4) is 33.9 Å². The summed E-state index contributed by atoms with van der Waals surface area (Å²) >= 11 is 0. The van der Waals surface area contributed by atoms with Crippen LogP contribution in [0.4, 0.5) is 0 Å². The van der Waals surface area contributed by atoms with Gasteiger partial charge in [0.2, 0.25) is 0 Å². The fraction of sp³-hybridized carbons (Fsp3) is 0.240. The van der Waals surface area contributed by atoms with Crippen LogP contribution in [0.25, 0.3) is 44.3 Å². The smallest absolute Gasteiger partial charge is 0.142 e. The van der Waals surface area contributed by atoms with E-state index in [2.05, 4.69) is 28.3 Å². The molecule has 0 saturated heterocycles. The summed E-state index contributed by atoms with van der Waals surface area (Å²) in [6.45, 7) is 6.47. The van der Waals surface area contributed by atoms with Gasteiger partial charge in [0.1, 0.15) is 28.7 Å². The molecule has 0 saturated carbocycles. The lowest BCUT2D eigenvalue weighted by atomic mass is 9.97. The molecule has 160 valence electrons. The Morgan fingerprint density at radius 2 is 1.94 bits per heavy atom. The number of hydrogen-bond donors (Lipinski definition) is 1. The fourth-order valence-corrected chi connectivity index (χ4v) is 4.81. The van der Waals surface area contributed by atoms with Crippen molar-refractivity contribution < 1.29 is 14.0 Å². The number of aromatic amines is 1. The van der Waals surface area contributed by atoms with Crippen molar-refractivity contribution in [1.82, 2.24) is 20.1 Å². The molecule has 0 aliphatic carbocycles. The summed E-state index contributed by atoms with van der Waals surface area (Å²) in [7, 11) is 1.68. The molecule has 0 bridgehead atoms. The van der Waals surface area contributed by atoms with E-state index in [9.17, 15) is 0 Å². The van der Waals surface area contributed by atoms with Crippen LogP contribution in [-0.4, -0.2) is 33.8 Å². The molecule has 1 aliphatic rings. The van der Waals surface area contributed by atoms with Crippen molar-refractivity contribution in [1.29, 1.82) is 0 Å². The van der Waals surface area contributed by atoms with Gasteiger partial charge in [-0.1, -0.05) is 17.3 Å². The highest BCUT2D eigenvalue weighted by atomic mass is 16.5. The molecule has 1 N–H and O–H groups in total. The summed E-state index contributed by atoms with van der Waals surface area (Å²) < 4.78 is 17.0. The Bertz CT molecular complexity index is 1510. The lowest BCUT2D eigenvalue weighted by molar-refractivity contribution is 0.357. The molecule has 0 spiro atoms. The molecule has 3 aromatic heterocycles. The van der Waals surface area contributed by atoms with Crippen molar-refractivity contribution >= 4 is 21.9 Å². The van der Waals surface area contributed by atoms with E-state index in [4.69, 9.17) is 24.0 Å². The first-order valence-electron chi connectivity index (χ1n) is 10.6. The third-order valence-electron chi connectivity index (χ3n) is 6.18. The summed E-state index contributed by atoms with van der Waals surface area (Å²) in [6, 6.07) is 10.3. The molecule has 6 rings (SSSR count). The SMILES string of the molecule is COc1cc2c(cc1-c1c(C)noc1C)[nH]c1nc(C)nc(-c3cccc4c3CCO4)c12. The first-order valence-corrected chi connectivity index (χ1v) is 10.6. The van der Waals surface area contributed by atoms with Gasteiger partial charge in [0.05, 0.1) is 36.1 Å². The van der Waals surface area contributed by atoms with Gasteiger partial charge in [0.15, 0.2) is 0 Å². The van der Waals surface area contributed by atoms with Gasteiger partial charge in [-0.05, 0) is 39.0 Å². The Morgan fingerprint density at radius 3 is 2.72 bits per heavy atom. The summed E-state index contributed by atoms with van der Waals surface area (Å²) in [5.74, 6) is 3.16. The molecule has 0 fully saturated rings. The molecule has 32 heavy (non-hydrogen) atoms. The highest BCUT2D eigenvalue weighted by molar-refractivity contribution is 6.13. The van der Waals surface area contributed by atoms with Crippen LogP contribution in [0.2, 0.25) is 0 Å². The van der Waals surface area contributed by atoms with Gasteiger partial charge in [-0.15, -0.1) is 0 Å². The van der Waals surface area contributed by atoms with Crippen molar-refractivity contribution in [2.75, 3.05) is 13.7 Å². The molecule has 0 atom stereocenters. The van der Waals surface area contributed by atoms with Gasteiger partial charge >= 0.3 is 0 Å². The molecule has 7 heteroatoms. The van der Waals surface area contributed by atoms with E-state index >= 15 is 0 Å². The number of nitrogens with zero attached hydrogens (tertiary/aromatic N) is 3. The van der Waals surface area contributed by atoms with E-state index in [1.54, 1.807) is 7.11 Å². The van der Waals surface area contributed by atoms with E-state index in [0.717, 1.165) is 73.7 Å². The Hall–Kier alpha value is -3.87. The third kappa shape index (κ3) is 2.64. The van der Waals surface area contributed by atoms with Crippen LogP contribution in [0.15, 0.2) is 34.9 Å². The molecule has 4 heterocycles. The lowest BCUT2D eigenvalue weighted by Gasteiger charge is -2.11. The highest BCUT2D eigenvalue weighted by Crippen LogP contribution is 2.43. The number of methoxy groups -OCH3 is 1. The van der Waals surface area contributed by atoms with Crippen molar-refractivity contribution in [2.24, 2.45) is 0 Å². The maximum atomic E-state index is 5.80.